The van der Waals surface area contributed by atoms with E-state index in [1.54, 1.807) is 7.11 Å². The highest BCUT2D eigenvalue weighted by atomic mass is 16.5. The molecule has 1 N–H and O–H groups in total. The van der Waals surface area contributed by atoms with Crippen LogP contribution in [-0.2, 0) is 11.3 Å². The molecule has 2 rings (SSSR count). The summed E-state index contributed by atoms with van der Waals surface area (Å²) in [6, 6.07) is 12.5. The molecule has 0 unspecified atom stereocenters. The van der Waals surface area contributed by atoms with Crippen LogP contribution in [0, 0.1) is 0 Å². The maximum atomic E-state index is 5.48. The minimum Gasteiger partial charge on any atom is -0.496 e. The molecule has 0 aliphatic heterocycles. The summed E-state index contributed by atoms with van der Waals surface area (Å²) in [5.74, 6) is 0.920. The number of benzene rings is 2. The van der Waals surface area contributed by atoms with E-state index in [-0.39, 0.29) is 0 Å². The molecular formula is C18H23NO2. The second-order valence-electron chi connectivity index (χ2n) is 5.15. The van der Waals surface area contributed by atoms with Crippen molar-refractivity contribution in [3.05, 3.63) is 54.1 Å². The van der Waals surface area contributed by atoms with Crippen molar-refractivity contribution in [2.45, 2.75) is 13.5 Å². The first-order chi connectivity index (χ1) is 10.2. The van der Waals surface area contributed by atoms with Crippen molar-refractivity contribution < 1.29 is 9.47 Å². The molecule has 0 aliphatic carbocycles. The Balaban J connectivity index is 1.98. The van der Waals surface area contributed by atoms with E-state index in [0.29, 0.717) is 13.2 Å². The largest absolute Gasteiger partial charge is 0.496 e. The average molecular weight is 285 g/mol. The van der Waals surface area contributed by atoms with Crippen molar-refractivity contribution in [3.8, 4) is 5.75 Å². The Morgan fingerprint density at radius 2 is 2.00 bits per heavy atom. The van der Waals surface area contributed by atoms with Gasteiger partial charge in [-0.15, -0.1) is 0 Å². The highest BCUT2D eigenvalue weighted by Crippen LogP contribution is 2.27. The molecule has 0 spiro atoms. The van der Waals surface area contributed by atoms with E-state index in [9.17, 15) is 0 Å². The molecule has 0 heterocycles. The van der Waals surface area contributed by atoms with E-state index < -0.39 is 0 Å². The zero-order chi connectivity index (χ0) is 15.1. The molecular weight excluding hydrogens is 262 g/mol. The fourth-order valence-electron chi connectivity index (χ4n) is 2.29. The van der Waals surface area contributed by atoms with Crippen LogP contribution < -0.4 is 10.1 Å². The molecule has 0 saturated carbocycles. The lowest BCUT2D eigenvalue weighted by molar-refractivity contribution is 0.157. The summed E-state index contributed by atoms with van der Waals surface area (Å²) in [6.07, 6.45) is 0. The number of hydrogen-bond acceptors (Lipinski definition) is 3. The van der Waals surface area contributed by atoms with Gasteiger partial charge in [0.2, 0.25) is 0 Å². The Morgan fingerprint density at radius 1 is 1.19 bits per heavy atom. The van der Waals surface area contributed by atoms with Crippen molar-refractivity contribution in [1.82, 2.24) is 5.32 Å². The Bertz CT molecular complexity index is 607. The lowest BCUT2D eigenvalue weighted by Gasteiger charge is -2.13. The van der Waals surface area contributed by atoms with Crippen molar-refractivity contribution in [3.63, 3.8) is 0 Å². The summed E-state index contributed by atoms with van der Waals surface area (Å²) in [6.45, 7) is 8.66. The third-order valence-electron chi connectivity index (χ3n) is 3.29. The highest BCUT2D eigenvalue weighted by Gasteiger charge is 2.07. The minimum atomic E-state index is 0.624. The van der Waals surface area contributed by atoms with E-state index in [2.05, 4.69) is 42.2 Å². The average Bonchev–Trinajstić information content (AvgIpc) is 2.50. The molecule has 0 fully saturated rings. The molecule has 0 bridgehead atoms. The Kier molecular flexibility index (Phi) is 5.78. The number of nitrogens with one attached hydrogen (secondary N) is 1. The van der Waals surface area contributed by atoms with Crippen LogP contribution in [-0.4, -0.2) is 26.9 Å². The van der Waals surface area contributed by atoms with E-state index >= 15 is 0 Å². The molecule has 3 heteroatoms. The van der Waals surface area contributed by atoms with Gasteiger partial charge in [0.25, 0.3) is 0 Å². The lowest BCUT2D eigenvalue weighted by Crippen LogP contribution is -2.20. The summed E-state index contributed by atoms with van der Waals surface area (Å²) in [7, 11) is 1.71. The molecule has 0 aliphatic rings. The lowest BCUT2D eigenvalue weighted by atomic mass is 10.0. The van der Waals surface area contributed by atoms with Crippen LogP contribution in [0.1, 0.15) is 12.5 Å². The second kappa shape index (κ2) is 7.81. The first-order valence-electron chi connectivity index (χ1n) is 7.20. The van der Waals surface area contributed by atoms with Gasteiger partial charge in [0.15, 0.2) is 0 Å². The standard InChI is InChI=1S/C18H23NO2/c1-14(2)13-21-11-10-19-12-17-16-7-5-4-6-15(16)8-9-18(17)20-3/h4-9,19H,1,10-13H2,2-3H3. The van der Waals surface area contributed by atoms with Gasteiger partial charge in [-0.3, -0.25) is 0 Å². The van der Waals surface area contributed by atoms with Gasteiger partial charge < -0.3 is 14.8 Å². The van der Waals surface area contributed by atoms with Gasteiger partial charge in [0.05, 0.1) is 20.3 Å². The number of methoxy groups -OCH3 is 1. The Morgan fingerprint density at radius 3 is 2.76 bits per heavy atom. The molecule has 0 amide bonds. The third kappa shape index (κ3) is 4.31. The first-order valence-corrected chi connectivity index (χ1v) is 7.20. The van der Waals surface area contributed by atoms with E-state index in [1.807, 2.05) is 13.0 Å². The summed E-state index contributed by atoms with van der Waals surface area (Å²) in [4.78, 5) is 0. The fourth-order valence-corrected chi connectivity index (χ4v) is 2.29. The van der Waals surface area contributed by atoms with Gasteiger partial charge >= 0.3 is 0 Å². The molecule has 0 radical (unpaired) electrons. The summed E-state index contributed by atoms with van der Waals surface area (Å²) in [5, 5.41) is 5.87. The SMILES string of the molecule is C=C(C)COCCNCc1c(OC)ccc2ccccc12. The number of fused-ring (bicyclic) bond motifs is 1. The quantitative estimate of drug-likeness (QED) is 0.594. The van der Waals surface area contributed by atoms with Gasteiger partial charge in [-0.1, -0.05) is 42.5 Å². The smallest absolute Gasteiger partial charge is 0.123 e. The van der Waals surface area contributed by atoms with Crippen molar-refractivity contribution in [2.24, 2.45) is 0 Å². The van der Waals surface area contributed by atoms with Crippen LogP contribution >= 0.6 is 0 Å². The van der Waals surface area contributed by atoms with Crippen LogP contribution in [0.2, 0.25) is 0 Å². The van der Waals surface area contributed by atoms with Crippen molar-refractivity contribution >= 4 is 10.8 Å². The topological polar surface area (TPSA) is 30.5 Å². The minimum absolute atomic E-state index is 0.624. The van der Waals surface area contributed by atoms with Crippen molar-refractivity contribution in [1.29, 1.82) is 0 Å². The molecule has 3 nitrogen and oxygen atoms in total. The predicted molar refractivity (Wildman–Crippen MR) is 87.8 cm³/mol. The van der Waals surface area contributed by atoms with Crippen LogP contribution in [0.4, 0.5) is 0 Å². The number of rotatable bonds is 8. The van der Waals surface area contributed by atoms with E-state index in [1.165, 1.54) is 16.3 Å². The zero-order valence-corrected chi connectivity index (χ0v) is 12.8. The Labute approximate surface area is 126 Å². The van der Waals surface area contributed by atoms with E-state index in [0.717, 1.165) is 24.4 Å². The number of ether oxygens (including phenoxy) is 2. The van der Waals surface area contributed by atoms with Crippen molar-refractivity contribution in [2.75, 3.05) is 26.9 Å². The molecule has 21 heavy (non-hydrogen) atoms. The molecule has 0 aromatic heterocycles. The Hall–Kier alpha value is -1.84. The highest BCUT2D eigenvalue weighted by molar-refractivity contribution is 5.87. The van der Waals surface area contributed by atoms with Crippen LogP contribution in [0.25, 0.3) is 10.8 Å². The van der Waals surface area contributed by atoms with Gasteiger partial charge in [0, 0.05) is 18.7 Å². The maximum absolute atomic E-state index is 5.48. The molecule has 2 aromatic rings. The molecule has 2 aromatic carbocycles. The molecule has 0 saturated heterocycles. The second-order valence-corrected chi connectivity index (χ2v) is 5.15. The van der Waals surface area contributed by atoms with Crippen LogP contribution in [0.5, 0.6) is 5.75 Å². The van der Waals surface area contributed by atoms with Gasteiger partial charge in [-0.2, -0.15) is 0 Å². The normalized spacial score (nSPS) is 10.8. The van der Waals surface area contributed by atoms with E-state index in [4.69, 9.17) is 9.47 Å². The summed E-state index contributed by atoms with van der Waals surface area (Å²) < 4.78 is 11.0. The molecule has 0 atom stereocenters. The fraction of sp³-hybridized carbons (Fsp3) is 0.333. The van der Waals surface area contributed by atoms with Gasteiger partial charge in [-0.05, 0) is 23.8 Å². The van der Waals surface area contributed by atoms with Crippen LogP contribution in [0.3, 0.4) is 0 Å². The van der Waals surface area contributed by atoms with Gasteiger partial charge in [0.1, 0.15) is 5.75 Å². The number of hydrogen-bond donors (Lipinski definition) is 1. The summed E-state index contributed by atoms with van der Waals surface area (Å²) in [5.41, 5.74) is 2.24. The summed E-state index contributed by atoms with van der Waals surface area (Å²) >= 11 is 0. The van der Waals surface area contributed by atoms with Crippen LogP contribution in [0.15, 0.2) is 48.6 Å². The molecule has 112 valence electrons. The first kappa shape index (κ1) is 15.5. The monoisotopic (exact) mass is 285 g/mol. The maximum Gasteiger partial charge on any atom is 0.123 e. The van der Waals surface area contributed by atoms with Gasteiger partial charge in [-0.25, -0.2) is 0 Å². The zero-order valence-electron chi connectivity index (χ0n) is 12.8. The third-order valence-corrected chi connectivity index (χ3v) is 3.29. The predicted octanol–water partition coefficient (Wildman–Crippen LogP) is 3.53.